The normalized spacial score (nSPS) is 17.1. The van der Waals surface area contributed by atoms with Crippen LogP contribution in [-0.4, -0.2) is 23.7 Å². The average Bonchev–Trinajstić information content (AvgIpc) is 2.51. The molecule has 0 spiro atoms. The lowest BCUT2D eigenvalue weighted by Gasteiger charge is -2.25. The number of hydrogen-bond acceptors (Lipinski definition) is 5. The summed E-state index contributed by atoms with van der Waals surface area (Å²) in [6, 6.07) is 7.99. The number of benzene rings is 1. The fourth-order valence-corrected chi connectivity index (χ4v) is 2.82. The van der Waals surface area contributed by atoms with Crippen molar-refractivity contribution in [2.75, 3.05) is 19.5 Å². The number of aromatic nitrogens is 2. The predicted molar refractivity (Wildman–Crippen MR) is 83.3 cm³/mol. The molecule has 1 unspecified atom stereocenters. The van der Waals surface area contributed by atoms with Crippen LogP contribution in [0, 0.1) is 0 Å². The zero-order valence-electron chi connectivity index (χ0n) is 11.7. The number of nitrogens with two attached hydrogens (primary N) is 1. The van der Waals surface area contributed by atoms with E-state index in [4.69, 9.17) is 15.2 Å². The van der Waals surface area contributed by atoms with E-state index in [0.29, 0.717) is 23.5 Å². The minimum atomic E-state index is 0.0981. The van der Waals surface area contributed by atoms with Crippen molar-refractivity contribution in [3.63, 3.8) is 0 Å². The lowest BCUT2D eigenvalue weighted by molar-refractivity contribution is 0.180. The van der Waals surface area contributed by atoms with Gasteiger partial charge in [0, 0.05) is 12.7 Å². The first-order valence-corrected chi connectivity index (χ1v) is 7.52. The van der Waals surface area contributed by atoms with E-state index in [2.05, 4.69) is 32.0 Å². The van der Waals surface area contributed by atoms with Gasteiger partial charge in [0.2, 0.25) is 0 Å². The number of anilines is 1. The summed E-state index contributed by atoms with van der Waals surface area (Å²) in [7, 11) is 1.63. The second-order valence-corrected chi connectivity index (χ2v) is 5.68. The molecule has 0 radical (unpaired) electrons. The van der Waals surface area contributed by atoms with E-state index in [1.165, 1.54) is 0 Å². The van der Waals surface area contributed by atoms with Gasteiger partial charge in [0.1, 0.15) is 17.4 Å². The molecule has 0 amide bonds. The van der Waals surface area contributed by atoms with Crippen molar-refractivity contribution in [2.24, 2.45) is 0 Å². The van der Waals surface area contributed by atoms with Gasteiger partial charge >= 0.3 is 0 Å². The van der Waals surface area contributed by atoms with Crippen molar-refractivity contribution in [3.8, 4) is 5.75 Å². The summed E-state index contributed by atoms with van der Waals surface area (Å²) in [4.78, 5) is 9.07. The fraction of sp³-hybridized carbons (Fsp3) is 0.333. The Morgan fingerprint density at radius 3 is 3.00 bits per heavy atom. The van der Waals surface area contributed by atoms with E-state index in [0.717, 1.165) is 29.3 Å². The van der Waals surface area contributed by atoms with Crippen molar-refractivity contribution >= 4 is 21.7 Å². The Hall–Kier alpha value is -1.66. The Bertz CT molecular complexity index is 663. The third kappa shape index (κ3) is 2.73. The molecule has 3 rings (SSSR count). The molecule has 0 saturated carbocycles. The van der Waals surface area contributed by atoms with E-state index in [1.54, 1.807) is 7.11 Å². The monoisotopic (exact) mass is 349 g/mol. The van der Waals surface area contributed by atoms with Crippen molar-refractivity contribution < 1.29 is 9.47 Å². The number of methoxy groups -OCH3 is 1. The van der Waals surface area contributed by atoms with E-state index in [-0.39, 0.29) is 5.92 Å². The molecule has 0 fully saturated rings. The third-order valence-corrected chi connectivity index (χ3v) is 4.38. The number of nitrogen functional groups attached to an aromatic ring is 1. The van der Waals surface area contributed by atoms with E-state index in [1.807, 2.05) is 18.2 Å². The highest BCUT2D eigenvalue weighted by atomic mass is 79.9. The molecule has 0 saturated heterocycles. The maximum absolute atomic E-state index is 5.99. The third-order valence-electron chi connectivity index (χ3n) is 3.51. The molecule has 6 heteroatoms. The van der Waals surface area contributed by atoms with E-state index < -0.39 is 0 Å². The summed E-state index contributed by atoms with van der Waals surface area (Å²) in [5.41, 5.74) is 7.87. The van der Waals surface area contributed by atoms with Gasteiger partial charge < -0.3 is 15.2 Å². The summed E-state index contributed by atoms with van der Waals surface area (Å²) in [6.07, 6.45) is 0.838. The van der Waals surface area contributed by atoms with Crippen molar-refractivity contribution in [3.05, 3.63) is 45.8 Å². The number of fused-ring (bicyclic) bond motifs is 1. The molecule has 1 aliphatic heterocycles. The van der Waals surface area contributed by atoms with Crippen molar-refractivity contribution in [1.82, 2.24) is 9.97 Å². The SMILES string of the molecule is COCc1nc(C2CCOc3ccccc32)nc(N)c1Br. The molecule has 0 aliphatic carbocycles. The van der Waals surface area contributed by atoms with Crippen LogP contribution in [0.2, 0.25) is 0 Å². The standard InChI is InChI=1S/C15H16BrN3O2/c1-20-8-11-13(16)14(17)19-15(18-11)10-6-7-21-12-5-3-2-4-9(10)12/h2-5,10H,6-8H2,1H3,(H2,17,18,19). The van der Waals surface area contributed by atoms with Crippen LogP contribution >= 0.6 is 15.9 Å². The van der Waals surface area contributed by atoms with Gasteiger partial charge in [0.05, 0.1) is 29.3 Å². The lowest BCUT2D eigenvalue weighted by atomic mass is 9.92. The van der Waals surface area contributed by atoms with Crippen LogP contribution in [0.25, 0.3) is 0 Å². The maximum atomic E-state index is 5.99. The number of rotatable bonds is 3. The highest BCUT2D eigenvalue weighted by molar-refractivity contribution is 9.10. The van der Waals surface area contributed by atoms with Crippen molar-refractivity contribution in [2.45, 2.75) is 18.9 Å². The molecule has 5 nitrogen and oxygen atoms in total. The number of ether oxygens (including phenoxy) is 2. The smallest absolute Gasteiger partial charge is 0.141 e. The van der Waals surface area contributed by atoms with Crippen LogP contribution in [0.15, 0.2) is 28.7 Å². The largest absolute Gasteiger partial charge is 0.493 e. The summed E-state index contributed by atoms with van der Waals surface area (Å²) < 4.78 is 11.6. The van der Waals surface area contributed by atoms with Gasteiger partial charge in [-0.25, -0.2) is 9.97 Å². The molecule has 1 atom stereocenters. The minimum absolute atomic E-state index is 0.0981. The Kier molecular flexibility index (Phi) is 4.07. The van der Waals surface area contributed by atoms with Gasteiger partial charge in [-0.2, -0.15) is 0 Å². The second-order valence-electron chi connectivity index (χ2n) is 4.89. The van der Waals surface area contributed by atoms with Crippen LogP contribution in [0.5, 0.6) is 5.75 Å². The zero-order chi connectivity index (χ0) is 14.8. The van der Waals surface area contributed by atoms with Crippen LogP contribution in [0.1, 0.15) is 29.4 Å². The first kappa shape index (κ1) is 14.3. The zero-order valence-corrected chi connectivity index (χ0v) is 13.3. The molecule has 1 aliphatic rings. The predicted octanol–water partition coefficient (Wildman–Crippen LogP) is 2.88. The topological polar surface area (TPSA) is 70.3 Å². The number of para-hydroxylation sites is 1. The Balaban J connectivity index is 2.05. The molecule has 1 aromatic heterocycles. The number of nitrogens with zero attached hydrogens (tertiary/aromatic N) is 2. The van der Waals surface area contributed by atoms with Gasteiger partial charge in [-0.15, -0.1) is 0 Å². The fourth-order valence-electron chi connectivity index (χ4n) is 2.53. The molecule has 110 valence electrons. The first-order valence-electron chi connectivity index (χ1n) is 6.73. The number of hydrogen-bond donors (Lipinski definition) is 1. The summed E-state index contributed by atoms with van der Waals surface area (Å²) in [5, 5.41) is 0. The maximum Gasteiger partial charge on any atom is 0.141 e. The lowest BCUT2D eigenvalue weighted by Crippen LogP contribution is -2.18. The molecule has 2 N–H and O–H groups in total. The van der Waals surface area contributed by atoms with E-state index >= 15 is 0 Å². The Labute approximate surface area is 131 Å². The molecule has 2 heterocycles. The quantitative estimate of drug-likeness (QED) is 0.922. The van der Waals surface area contributed by atoms with Crippen LogP contribution in [0.4, 0.5) is 5.82 Å². The summed E-state index contributed by atoms with van der Waals surface area (Å²) in [6.45, 7) is 1.05. The Morgan fingerprint density at radius 2 is 2.19 bits per heavy atom. The molecular weight excluding hydrogens is 334 g/mol. The summed E-state index contributed by atoms with van der Waals surface area (Å²) >= 11 is 3.42. The van der Waals surface area contributed by atoms with Gasteiger partial charge in [0.15, 0.2) is 0 Å². The highest BCUT2D eigenvalue weighted by Crippen LogP contribution is 2.37. The molecule has 2 aromatic rings. The van der Waals surface area contributed by atoms with Crippen molar-refractivity contribution in [1.29, 1.82) is 0 Å². The van der Waals surface area contributed by atoms with Crippen LogP contribution < -0.4 is 10.5 Å². The first-order chi connectivity index (χ1) is 10.2. The summed E-state index contributed by atoms with van der Waals surface area (Å²) in [5.74, 6) is 2.16. The van der Waals surface area contributed by atoms with Crippen LogP contribution in [0.3, 0.4) is 0 Å². The molecular formula is C15H16BrN3O2. The highest BCUT2D eigenvalue weighted by Gasteiger charge is 2.26. The number of halogens is 1. The van der Waals surface area contributed by atoms with E-state index in [9.17, 15) is 0 Å². The average molecular weight is 350 g/mol. The van der Waals surface area contributed by atoms with Gasteiger partial charge in [-0.1, -0.05) is 18.2 Å². The minimum Gasteiger partial charge on any atom is -0.493 e. The van der Waals surface area contributed by atoms with Gasteiger partial charge in [0.25, 0.3) is 0 Å². The van der Waals surface area contributed by atoms with Gasteiger partial charge in [-0.3, -0.25) is 0 Å². The van der Waals surface area contributed by atoms with Gasteiger partial charge in [-0.05, 0) is 28.4 Å². The van der Waals surface area contributed by atoms with Crippen LogP contribution in [-0.2, 0) is 11.3 Å². The molecule has 21 heavy (non-hydrogen) atoms. The molecule has 1 aromatic carbocycles. The second kappa shape index (κ2) is 5.99. The molecule has 0 bridgehead atoms. The Morgan fingerprint density at radius 1 is 1.38 bits per heavy atom.